The van der Waals surface area contributed by atoms with Gasteiger partial charge in [-0.15, -0.1) is 0 Å². The molecule has 6 heteroatoms. The lowest BCUT2D eigenvalue weighted by Gasteiger charge is -2.26. The molecule has 0 bridgehead atoms. The summed E-state index contributed by atoms with van der Waals surface area (Å²) in [7, 11) is 3.24. The monoisotopic (exact) mass is 257 g/mol. The molecule has 0 spiro atoms. The number of carbonyl (C=O) groups excluding carboxylic acids is 2. The maximum absolute atomic E-state index is 11.6. The van der Waals surface area contributed by atoms with Crippen LogP contribution in [0, 0.1) is 5.41 Å². The lowest BCUT2D eigenvalue weighted by molar-refractivity contribution is -0.120. The van der Waals surface area contributed by atoms with Gasteiger partial charge in [-0.3, -0.25) is 4.79 Å². The van der Waals surface area contributed by atoms with E-state index in [-0.39, 0.29) is 30.5 Å². The van der Waals surface area contributed by atoms with E-state index in [4.69, 9.17) is 0 Å². The molecule has 1 rings (SSSR count). The van der Waals surface area contributed by atoms with Gasteiger partial charge in [0, 0.05) is 26.1 Å². The first-order chi connectivity index (χ1) is 8.49. The number of aliphatic hydroxyl groups excluding tert-OH is 1. The number of urea groups is 1. The van der Waals surface area contributed by atoms with Crippen LogP contribution in [0.1, 0.15) is 25.7 Å². The topological polar surface area (TPSA) is 81.7 Å². The van der Waals surface area contributed by atoms with Crippen LogP contribution in [0.3, 0.4) is 0 Å². The number of hydrogen-bond donors (Lipinski definition) is 3. The van der Waals surface area contributed by atoms with Crippen LogP contribution in [0.15, 0.2) is 0 Å². The maximum Gasteiger partial charge on any atom is 0.317 e. The molecule has 1 aliphatic rings. The molecule has 1 saturated carbocycles. The quantitative estimate of drug-likeness (QED) is 0.644. The summed E-state index contributed by atoms with van der Waals surface area (Å²) < 4.78 is 0. The first kappa shape index (κ1) is 14.8. The maximum atomic E-state index is 11.6. The largest absolute Gasteiger partial charge is 0.396 e. The lowest BCUT2D eigenvalue weighted by atomic mass is 9.87. The van der Waals surface area contributed by atoms with Crippen LogP contribution in [-0.4, -0.2) is 55.7 Å². The fraction of sp³-hybridized carbons (Fsp3) is 0.833. The van der Waals surface area contributed by atoms with Crippen LogP contribution in [0.4, 0.5) is 4.79 Å². The summed E-state index contributed by atoms with van der Waals surface area (Å²) >= 11 is 0. The number of nitrogens with zero attached hydrogens (tertiary/aromatic N) is 1. The molecule has 0 radical (unpaired) electrons. The van der Waals surface area contributed by atoms with Crippen LogP contribution in [-0.2, 0) is 4.79 Å². The van der Waals surface area contributed by atoms with E-state index in [1.165, 1.54) is 4.90 Å². The highest BCUT2D eigenvalue weighted by atomic mass is 16.3. The molecule has 3 amide bonds. The third-order valence-corrected chi connectivity index (χ3v) is 3.47. The minimum atomic E-state index is -0.289. The van der Waals surface area contributed by atoms with Gasteiger partial charge < -0.3 is 20.6 Å². The summed E-state index contributed by atoms with van der Waals surface area (Å²) in [5.41, 5.74) is -0.152. The summed E-state index contributed by atoms with van der Waals surface area (Å²) in [4.78, 5) is 24.2. The van der Waals surface area contributed by atoms with Crippen LogP contribution in [0.5, 0.6) is 0 Å². The minimum Gasteiger partial charge on any atom is -0.396 e. The second-order valence-electron chi connectivity index (χ2n) is 5.20. The minimum absolute atomic E-state index is 0.0292. The number of aliphatic hydroxyl groups is 1. The van der Waals surface area contributed by atoms with Gasteiger partial charge in [-0.25, -0.2) is 4.79 Å². The second-order valence-corrected chi connectivity index (χ2v) is 5.20. The van der Waals surface area contributed by atoms with E-state index in [0.717, 1.165) is 25.7 Å². The second kappa shape index (κ2) is 6.58. The predicted molar refractivity (Wildman–Crippen MR) is 68.1 cm³/mol. The van der Waals surface area contributed by atoms with E-state index >= 15 is 0 Å². The number of nitrogens with one attached hydrogen (secondary N) is 2. The summed E-state index contributed by atoms with van der Waals surface area (Å²) in [6.45, 7) is 0.566. The molecule has 3 N–H and O–H groups in total. The standard InChI is InChI=1S/C12H23N3O3/c1-15(2)11(18)13-7-10(17)14-8-12(9-16)5-3-4-6-12/h16H,3-9H2,1-2H3,(H,13,18)(H,14,17). The zero-order valence-corrected chi connectivity index (χ0v) is 11.2. The van der Waals surface area contributed by atoms with Crippen molar-refractivity contribution in [3.05, 3.63) is 0 Å². The van der Waals surface area contributed by atoms with Crippen molar-refractivity contribution in [2.24, 2.45) is 5.41 Å². The van der Waals surface area contributed by atoms with Gasteiger partial charge in [0.15, 0.2) is 0 Å². The fourth-order valence-electron chi connectivity index (χ4n) is 2.18. The van der Waals surface area contributed by atoms with Crippen molar-refractivity contribution in [2.45, 2.75) is 25.7 Å². The molecule has 0 aromatic heterocycles. The average Bonchev–Trinajstić information content (AvgIpc) is 2.82. The molecule has 1 fully saturated rings. The molecule has 0 aromatic carbocycles. The van der Waals surface area contributed by atoms with Gasteiger partial charge in [0.25, 0.3) is 0 Å². The van der Waals surface area contributed by atoms with Crippen molar-refractivity contribution in [1.82, 2.24) is 15.5 Å². The van der Waals surface area contributed by atoms with Crippen molar-refractivity contribution in [3.8, 4) is 0 Å². The van der Waals surface area contributed by atoms with Gasteiger partial charge >= 0.3 is 6.03 Å². The molecule has 18 heavy (non-hydrogen) atoms. The van der Waals surface area contributed by atoms with Gasteiger partial charge in [0.05, 0.1) is 13.2 Å². The van der Waals surface area contributed by atoms with E-state index in [0.29, 0.717) is 6.54 Å². The number of rotatable bonds is 5. The van der Waals surface area contributed by atoms with Crippen molar-refractivity contribution in [3.63, 3.8) is 0 Å². The Balaban J connectivity index is 2.26. The zero-order chi connectivity index (χ0) is 13.6. The Bertz CT molecular complexity index is 299. The van der Waals surface area contributed by atoms with Crippen LogP contribution < -0.4 is 10.6 Å². The molecule has 0 heterocycles. The Labute approximate surface area is 108 Å². The SMILES string of the molecule is CN(C)C(=O)NCC(=O)NCC1(CO)CCCC1. The molecule has 0 atom stereocenters. The summed E-state index contributed by atoms with van der Waals surface area (Å²) in [6, 6.07) is -0.289. The Morgan fingerprint density at radius 2 is 1.83 bits per heavy atom. The van der Waals surface area contributed by atoms with Gasteiger partial charge in [-0.05, 0) is 12.8 Å². The average molecular weight is 257 g/mol. The van der Waals surface area contributed by atoms with Gasteiger partial charge in [-0.2, -0.15) is 0 Å². The molecular weight excluding hydrogens is 234 g/mol. The van der Waals surface area contributed by atoms with Gasteiger partial charge in [0.2, 0.25) is 5.91 Å². The lowest BCUT2D eigenvalue weighted by Crippen LogP contribution is -2.44. The Kier molecular flexibility index (Phi) is 5.40. The normalized spacial score (nSPS) is 17.3. The molecule has 1 aliphatic carbocycles. The van der Waals surface area contributed by atoms with E-state index < -0.39 is 0 Å². The highest BCUT2D eigenvalue weighted by Crippen LogP contribution is 2.36. The molecule has 6 nitrogen and oxygen atoms in total. The zero-order valence-electron chi connectivity index (χ0n) is 11.2. The van der Waals surface area contributed by atoms with Crippen molar-refractivity contribution >= 4 is 11.9 Å². The Morgan fingerprint density at radius 3 is 2.33 bits per heavy atom. The highest BCUT2D eigenvalue weighted by Gasteiger charge is 2.33. The first-order valence-electron chi connectivity index (χ1n) is 6.32. The van der Waals surface area contributed by atoms with E-state index in [9.17, 15) is 14.7 Å². The molecule has 0 unspecified atom stereocenters. The fourth-order valence-corrected chi connectivity index (χ4v) is 2.18. The number of carbonyl (C=O) groups is 2. The third kappa shape index (κ3) is 4.18. The van der Waals surface area contributed by atoms with Gasteiger partial charge in [0.1, 0.15) is 0 Å². The number of hydrogen-bond acceptors (Lipinski definition) is 3. The molecule has 0 saturated heterocycles. The first-order valence-corrected chi connectivity index (χ1v) is 6.32. The van der Waals surface area contributed by atoms with Gasteiger partial charge in [-0.1, -0.05) is 12.8 Å². The van der Waals surface area contributed by atoms with E-state index in [1.807, 2.05) is 0 Å². The molecular formula is C12H23N3O3. The smallest absolute Gasteiger partial charge is 0.317 e. The molecule has 104 valence electrons. The summed E-state index contributed by atoms with van der Waals surface area (Å²) in [5, 5.41) is 14.7. The molecule has 0 aliphatic heterocycles. The van der Waals surface area contributed by atoms with Crippen molar-refractivity contribution < 1.29 is 14.7 Å². The van der Waals surface area contributed by atoms with E-state index in [2.05, 4.69) is 10.6 Å². The van der Waals surface area contributed by atoms with Crippen molar-refractivity contribution in [2.75, 3.05) is 33.8 Å². The molecule has 0 aromatic rings. The summed E-state index contributed by atoms with van der Waals surface area (Å²) in [5.74, 6) is -0.218. The predicted octanol–water partition coefficient (Wildman–Crippen LogP) is -0.0735. The van der Waals surface area contributed by atoms with Crippen molar-refractivity contribution in [1.29, 1.82) is 0 Å². The highest BCUT2D eigenvalue weighted by molar-refractivity contribution is 5.83. The van der Waals surface area contributed by atoms with Crippen LogP contribution >= 0.6 is 0 Å². The van der Waals surface area contributed by atoms with E-state index in [1.54, 1.807) is 14.1 Å². The number of amides is 3. The summed E-state index contributed by atoms with van der Waals surface area (Å²) in [6.07, 6.45) is 4.11. The van der Waals surface area contributed by atoms with Crippen LogP contribution in [0.25, 0.3) is 0 Å². The Hall–Kier alpha value is -1.30. The van der Waals surface area contributed by atoms with Crippen LogP contribution in [0.2, 0.25) is 0 Å². The Morgan fingerprint density at radius 1 is 1.22 bits per heavy atom. The third-order valence-electron chi connectivity index (χ3n) is 3.47.